The van der Waals surface area contributed by atoms with Crippen LogP contribution in [0.25, 0.3) is 11.1 Å². The molecule has 5 aromatic rings. The molecule has 5 aromatic carbocycles. The maximum Gasteiger partial charge on any atom is 0.0551 e. The van der Waals surface area contributed by atoms with Crippen molar-refractivity contribution in [3.8, 4) is 11.1 Å². The van der Waals surface area contributed by atoms with Gasteiger partial charge in [-0.3, -0.25) is 0 Å². The SMILES string of the molecule is CC1(C)CCC(C)(C)c2cc(N(c3ccc4c(c3)C(C)(C)CCC4(C)C)c3ccc4c(c3-c3ccccc3)Sc3ccccc3C43C4CC5=CC(C4)CC53)ccc21. The standard InChI is InChI=1S/C55H59NS/c1-51(2)24-26-53(5,6)45-32-38(18-20-40(45)51)56(39-19-21-41-46(33-39)54(7,8)27-25-52(41,3)4)47-23-22-43-50(49(47)35-14-10-9-11-15-35)57-48-17-13-12-16-42(48)55(43)37-29-34-28-36(31-37)44(55)30-34/h9-23,28,32-34,37,44H,24-27,29-31H2,1-8H3. The Kier molecular flexibility index (Phi) is 7.62. The van der Waals surface area contributed by atoms with Crippen molar-refractivity contribution in [1.82, 2.24) is 0 Å². The summed E-state index contributed by atoms with van der Waals surface area (Å²) < 4.78 is 0. The van der Waals surface area contributed by atoms with E-state index in [1.807, 2.05) is 11.8 Å². The van der Waals surface area contributed by atoms with E-state index < -0.39 is 0 Å². The van der Waals surface area contributed by atoms with E-state index in [0.29, 0.717) is 11.8 Å². The highest BCUT2D eigenvalue weighted by Crippen LogP contribution is 2.71. The predicted molar refractivity (Wildman–Crippen MR) is 241 cm³/mol. The third-order valence-corrected chi connectivity index (χ3v) is 17.5. The Bertz CT molecular complexity index is 2430. The lowest BCUT2D eigenvalue weighted by atomic mass is 9.57. The van der Waals surface area contributed by atoms with Gasteiger partial charge in [-0.05, 0) is 160 Å². The first kappa shape index (κ1) is 36.1. The fourth-order valence-corrected chi connectivity index (χ4v) is 14.4. The van der Waals surface area contributed by atoms with Crippen LogP contribution < -0.4 is 4.90 Å². The number of nitrogens with zero attached hydrogens (tertiary/aromatic N) is 1. The Morgan fingerprint density at radius 2 is 1.11 bits per heavy atom. The van der Waals surface area contributed by atoms with Crippen molar-refractivity contribution in [2.24, 2.45) is 17.8 Å². The van der Waals surface area contributed by atoms with Gasteiger partial charge in [0.25, 0.3) is 0 Å². The lowest BCUT2D eigenvalue weighted by Crippen LogP contribution is -2.44. The summed E-state index contributed by atoms with van der Waals surface area (Å²) in [6.45, 7) is 19.7. The predicted octanol–water partition coefficient (Wildman–Crippen LogP) is 15.3. The van der Waals surface area contributed by atoms with Crippen molar-refractivity contribution in [3.05, 3.63) is 148 Å². The maximum atomic E-state index is 2.69. The molecule has 2 fully saturated rings. The Labute approximate surface area is 346 Å². The second-order valence-corrected chi connectivity index (χ2v) is 22.5. The third-order valence-electron chi connectivity index (χ3n) is 16.3. The van der Waals surface area contributed by atoms with Gasteiger partial charge in [0.15, 0.2) is 0 Å². The molecule has 2 saturated carbocycles. The van der Waals surface area contributed by atoms with Gasteiger partial charge in [0, 0.05) is 32.1 Å². The van der Waals surface area contributed by atoms with Gasteiger partial charge in [-0.15, -0.1) is 0 Å². The molecule has 0 N–H and O–H groups in total. The van der Waals surface area contributed by atoms with Crippen LogP contribution in [0.4, 0.5) is 17.1 Å². The molecule has 0 aromatic heterocycles. The monoisotopic (exact) mass is 765 g/mol. The fourth-order valence-electron chi connectivity index (χ4n) is 13.1. The van der Waals surface area contributed by atoms with Crippen LogP contribution in [-0.4, -0.2) is 0 Å². The highest BCUT2D eigenvalue weighted by Gasteiger charge is 2.62. The van der Waals surface area contributed by atoms with Crippen molar-refractivity contribution < 1.29 is 0 Å². The highest BCUT2D eigenvalue weighted by molar-refractivity contribution is 7.99. The van der Waals surface area contributed by atoms with Crippen LogP contribution >= 0.6 is 11.8 Å². The zero-order chi connectivity index (χ0) is 39.3. The third kappa shape index (κ3) is 5.08. The van der Waals surface area contributed by atoms with Crippen LogP contribution in [0.5, 0.6) is 0 Å². The minimum atomic E-state index is 0.0335. The molecule has 0 saturated heterocycles. The summed E-state index contributed by atoms with van der Waals surface area (Å²) in [6.07, 6.45) is 11.4. The first-order valence-electron chi connectivity index (χ1n) is 22.0. The molecule has 57 heavy (non-hydrogen) atoms. The molecule has 1 heterocycles. The van der Waals surface area contributed by atoms with Crippen molar-refractivity contribution in [2.45, 2.75) is 137 Å². The van der Waals surface area contributed by atoms with E-state index in [-0.39, 0.29) is 27.1 Å². The summed E-state index contributed by atoms with van der Waals surface area (Å²) in [5, 5.41) is 0. The van der Waals surface area contributed by atoms with E-state index in [9.17, 15) is 0 Å². The number of hydrogen-bond acceptors (Lipinski definition) is 2. The second kappa shape index (κ2) is 12.0. The number of hydrogen-bond donors (Lipinski definition) is 0. The van der Waals surface area contributed by atoms with E-state index in [0.717, 1.165) is 5.92 Å². The zero-order valence-electron chi connectivity index (χ0n) is 35.4. The summed E-state index contributed by atoms with van der Waals surface area (Å²) in [5.41, 5.74) is 18.0. The van der Waals surface area contributed by atoms with Gasteiger partial charge in [-0.25, -0.2) is 0 Å². The summed E-state index contributed by atoms with van der Waals surface area (Å²) >= 11 is 2.04. The molecule has 4 atom stereocenters. The summed E-state index contributed by atoms with van der Waals surface area (Å²) in [4.78, 5) is 5.59. The van der Waals surface area contributed by atoms with E-state index in [1.54, 1.807) is 16.7 Å². The number of anilines is 3. The normalized spacial score (nSPS) is 27.3. The fraction of sp³-hybridized carbons (Fsp3) is 0.418. The Morgan fingerprint density at radius 3 is 1.72 bits per heavy atom. The van der Waals surface area contributed by atoms with E-state index >= 15 is 0 Å². The summed E-state index contributed by atoms with van der Waals surface area (Å²) in [6, 6.07) is 41.2. The van der Waals surface area contributed by atoms with Crippen LogP contribution in [0.1, 0.15) is 134 Å². The average molecular weight is 766 g/mol. The Morgan fingerprint density at radius 1 is 0.544 bits per heavy atom. The molecule has 12 rings (SSSR count). The van der Waals surface area contributed by atoms with Crippen LogP contribution in [0.15, 0.2) is 125 Å². The van der Waals surface area contributed by atoms with Crippen LogP contribution in [0.3, 0.4) is 0 Å². The zero-order valence-corrected chi connectivity index (χ0v) is 36.2. The quantitative estimate of drug-likeness (QED) is 0.168. The molecule has 1 nitrogen and oxygen atoms in total. The molecule has 4 bridgehead atoms. The summed E-state index contributed by atoms with van der Waals surface area (Å²) in [7, 11) is 0. The molecule has 6 aliphatic carbocycles. The Balaban J connectivity index is 1.21. The van der Waals surface area contributed by atoms with E-state index in [1.165, 1.54) is 105 Å². The average Bonchev–Trinajstić information content (AvgIpc) is 3.60. The van der Waals surface area contributed by atoms with Gasteiger partial charge in [0.2, 0.25) is 0 Å². The maximum absolute atomic E-state index is 2.69. The molecule has 2 heteroatoms. The number of allylic oxidation sites excluding steroid dienone is 2. The molecule has 1 spiro atoms. The number of benzene rings is 5. The van der Waals surface area contributed by atoms with Crippen molar-refractivity contribution in [3.63, 3.8) is 0 Å². The Hall–Kier alpha value is -4.01. The van der Waals surface area contributed by atoms with Crippen LogP contribution in [-0.2, 0) is 27.1 Å². The minimum absolute atomic E-state index is 0.0335. The number of rotatable bonds is 4. The smallest absolute Gasteiger partial charge is 0.0551 e. The van der Waals surface area contributed by atoms with Crippen molar-refractivity contribution >= 4 is 28.8 Å². The first-order chi connectivity index (χ1) is 27.2. The number of fused-ring (bicyclic) bond motifs is 4. The van der Waals surface area contributed by atoms with E-state index in [4.69, 9.17) is 0 Å². The molecule has 7 aliphatic rings. The van der Waals surface area contributed by atoms with Gasteiger partial charge in [0.05, 0.1) is 5.69 Å². The van der Waals surface area contributed by atoms with Gasteiger partial charge < -0.3 is 4.90 Å². The lowest BCUT2D eigenvalue weighted by molar-refractivity contribution is 0.192. The van der Waals surface area contributed by atoms with Crippen molar-refractivity contribution in [1.29, 1.82) is 0 Å². The topological polar surface area (TPSA) is 3.24 Å². The first-order valence-corrected chi connectivity index (χ1v) is 22.8. The second-order valence-electron chi connectivity index (χ2n) is 21.4. The molecular weight excluding hydrogens is 707 g/mol. The minimum Gasteiger partial charge on any atom is -0.310 e. The molecule has 0 radical (unpaired) electrons. The highest BCUT2D eigenvalue weighted by atomic mass is 32.2. The van der Waals surface area contributed by atoms with E-state index in [2.05, 4.69) is 169 Å². The molecule has 0 amide bonds. The lowest BCUT2D eigenvalue weighted by Gasteiger charge is -2.49. The molecule has 4 unspecified atom stereocenters. The summed E-state index contributed by atoms with van der Waals surface area (Å²) in [5.74, 6) is 2.02. The molecule has 290 valence electrons. The van der Waals surface area contributed by atoms with Gasteiger partial charge >= 0.3 is 0 Å². The van der Waals surface area contributed by atoms with Crippen LogP contribution in [0, 0.1) is 17.8 Å². The van der Waals surface area contributed by atoms with Crippen LogP contribution in [0.2, 0.25) is 0 Å². The van der Waals surface area contributed by atoms with Gasteiger partial charge in [-0.1, -0.05) is 146 Å². The largest absolute Gasteiger partial charge is 0.310 e. The van der Waals surface area contributed by atoms with Gasteiger partial charge in [-0.2, -0.15) is 0 Å². The molecular formula is C55H59NS. The van der Waals surface area contributed by atoms with Gasteiger partial charge in [0.1, 0.15) is 0 Å². The van der Waals surface area contributed by atoms with Crippen molar-refractivity contribution in [2.75, 3.05) is 4.90 Å². The molecule has 1 aliphatic heterocycles.